The predicted octanol–water partition coefficient (Wildman–Crippen LogP) is 2.45. The highest BCUT2D eigenvalue weighted by molar-refractivity contribution is 5.51. The monoisotopic (exact) mass is 305 g/mol. The zero-order valence-corrected chi connectivity index (χ0v) is 13.6. The number of hydrogen-bond acceptors (Lipinski definition) is 4. The van der Waals surface area contributed by atoms with Crippen molar-refractivity contribution < 1.29 is 14.6 Å². The second-order valence-electron chi connectivity index (χ2n) is 6.51. The van der Waals surface area contributed by atoms with Crippen LogP contribution in [0.4, 0.5) is 0 Å². The number of aliphatic hydroxyl groups excluding tert-OH is 1. The van der Waals surface area contributed by atoms with Crippen LogP contribution in [-0.2, 0) is 12.8 Å². The molecule has 1 fully saturated rings. The molecule has 0 aromatic heterocycles. The van der Waals surface area contributed by atoms with Gasteiger partial charge >= 0.3 is 0 Å². The molecule has 0 aliphatic heterocycles. The Morgan fingerprint density at radius 1 is 0.955 bits per heavy atom. The van der Waals surface area contributed by atoms with E-state index in [1.54, 1.807) is 14.2 Å². The van der Waals surface area contributed by atoms with Crippen molar-refractivity contribution in [2.24, 2.45) is 0 Å². The summed E-state index contributed by atoms with van der Waals surface area (Å²) < 4.78 is 11.0. The van der Waals surface area contributed by atoms with Crippen LogP contribution in [-0.4, -0.2) is 37.5 Å². The molecule has 0 unspecified atom stereocenters. The van der Waals surface area contributed by atoms with Crippen LogP contribution in [0.3, 0.4) is 0 Å². The molecule has 0 amide bonds. The number of benzene rings is 1. The molecule has 122 valence electrons. The summed E-state index contributed by atoms with van der Waals surface area (Å²) in [7, 11) is 3.39. The van der Waals surface area contributed by atoms with Gasteiger partial charge in [-0.15, -0.1) is 0 Å². The first-order valence-electron chi connectivity index (χ1n) is 8.39. The summed E-state index contributed by atoms with van der Waals surface area (Å²) in [6.45, 7) is 0. The Morgan fingerprint density at radius 3 is 2.14 bits per heavy atom. The van der Waals surface area contributed by atoms with Gasteiger partial charge in [0.2, 0.25) is 0 Å². The van der Waals surface area contributed by atoms with Crippen LogP contribution < -0.4 is 14.8 Å². The van der Waals surface area contributed by atoms with E-state index in [1.807, 2.05) is 12.1 Å². The maximum Gasteiger partial charge on any atom is 0.122 e. The Morgan fingerprint density at radius 2 is 1.55 bits per heavy atom. The number of aliphatic hydroxyl groups is 1. The van der Waals surface area contributed by atoms with Gasteiger partial charge in [-0.25, -0.2) is 0 Å². The molecule has 1 aromatic rings. The number of nitrogens with one attached hydrogen (secondary N) is 1. The fourth-order valence-electron chi connectivity index (χ4n) is 3.93. The summed E-state index contributed by atoms with van der Waals surface area (Å²) in [6, 6.07) is 4.55. The molecular weight excluding hydrogens is 278 g/mol. The number of methoxy groups -OCH3 is 2. The Labute approximate surface area is 132 Å². The van der Waals surface area contributed by atoms with E-state index in [0.29, 0.717) is 12.5 Å². The molecule has 3 rings (SSSR count). The molecule has 2 aliphatic rings. The predicted molar refractivity (Wildman–Crippen MR) is 86.8 cm³/mol. The molecule has 2 aliphatic carbocycles. The Hall–Kier alpha value is -1.26. The van der Waals surface area contributed by atoms with Gasteiger partial charge in [-0.2, -0.15) is 0 Å². The minimum atomic E-state index is -0.365. The van der Waals surface area contributed by atoms with E-state index in [2.05, 4.69) is 5.32 Å². The van der Waals surface area contributed by atoms with E-state index >= 15 is 0 Å². The molecule has 2 atom stereocenters. The largest absolute Gasteiger partial charge is 0.496 e. The van der Waals surface area contributed by atoms with Gasteiger partial charge in [0.25, 0.3) is 0 Å². The molecule has 1 aromatic carbocycles. The van der Waals surface area contributed by atoms with Crippen LogP contribution in [0.5, 0.6) is 11.5 Å². The topological polar surface area (TPSA) is 50.7 Å². The van der Waals surface area contributed by atoms with Gasteiger partial charge in [-0.1, -0.05) is 19.3 Å². The number of fused-ring (bicyclic) bond motifs is 1. The first-order valence-corrected chi connectivity index (χ1v) is 8.39. The molecule has 0 bridgehead atoms. The molecule has 1 saturated carbocycles. The van der Waals surface area contributed by atoms with Crippen molar-refractivity contribution in [3.8, 4) is 11.5 Å². The molecule has 22 heavy (non-hydrogen) atoms. The molecule has 4 nitrogen and oxygen atoms in total. The van der Waals surface area contributed by atoms with Crippen molar-refractivity contribution in [3.63, 3.8) is 0 Å². The lowest BCUT2D eigenvalue weighted by Crippen LogP contribution is -2.50. The van der Waals surface area contributed by atoms with E-state index in [-0.39, 0.29) is 12.1 Å². The quantitative estimate of drug-likeness (QED) is 0.897. The lowest BCUT2D eigenvalue weighted by molar-refractivity contribution is 0.107. The molecule has 0 spiro atoms. The summed E-state index contributed by atoms with van der Waals surface area (Å²) in [5, 5.41) is 14.3. The Bertz CT molecular complexity index is 511. The second kappa shape index (κ2) is 6.88. The third kappa shape index (κ3) is 3.08. The maximum atomic E-state index is 10.6. The standard InChI is InChI=1S/C18H27NO3/c1-21-17-8-9-18(22-2)14-11-16(20)15(10-13(14)17)19-12-6-4-3-5-7-12/h8-9,12,15-16,19-20H,3-7,10-11H2,1-2H3/t15-,16-/m0/s1. The molecular formula is C18H27NO3. The zero-order chi connectivity index (χ0) is 15.5. The molecule has 0 radical (unpaired) electrons. The highest BCUT2D eigenvalue weighted by Gasteiger charge is 2.32. The summed E-state index contributed by atoms with van der Waals surface area (Å²) in [5.41, 5.74) is 2.27. The summed E-state index contributed by atoms with van der Waals surface area (Å²) in [4.78, 5) is 0. The minimum Gasteiger partial charge on any atom is -0.496 e. The van der Waals surface area contributed by atoms with Gasteiger partial charge in [0.1, 0.15) is 11.5 Å². The highest BCUT2D eigenvalue weighted by Crippen LogP contribution is 2.36. The van der Waals surface area contributed by atoms with E-state index in [4.69, 9.17) is 9.47 Å². The molecule has 2 N–H and O–H groups in total. The average molecular weight is 305 g/mol. The van der Waals surface area contributed by atoms with Gasteiger partial charge in [-0.05, 0) is 31.4 Å². The van der Waals surface area contributed by atoms with Crippen LogP contribution >= 0.6 is 0 Å². The fourth-order valence-corrected chi connectivity index (χ4v) is 3.93. The van der Waals surface area contributed by atoms with Gasteiger partial charge in [-0.3, -0.25) is 0 Å². The van der Waals surface area contributed by atoms with Crippen LogP contribution in [0.1, 0.15) is 43.2 Å². The van der Waals surface area contributed by atoms with E-state index in [0.717, 1.165) is 23.5 Å². The minimum absolute atomic E-state index is 0.108. The van der Waals surface area contributed by atoms with Crippen LogP contribution in [0, 0.1) is 0 Å². The van der Waals surface area contributed by atoms with E-state index in [9.17, 15) is 5.11 Å². The molecule has 4 heteroatoms. The lowest BCUT2D eigenvalue weighted by atomic mass is 9.83. The smallest absolute Gasteiger partial charge is 0.122 e. The Balaban J connectivity index is 1.80. The Kier molecular flexibility index (Phi) is 4.89. The van der Waals surface area contributed by atoms with Crippen molar-refractivity contribution in [3.05, 3.63) is 23.3 Å². The van der Waals surface area contributed by atoms with E-state index < -0.39 is 0 Å². The zero-order valence-electron chi connectivity index (χ0n) is 13.6. The van der Waals surface area contributed by atoms with Crippen molar-refractivity contribution >= 4 is 0 Å². The van der Waals surface area contributed by atoms with Crippen LogP contribution in [0.25, 0.3) is 0 Å². The third-order valence-corrected chi connectivity index (χ3v) is 5.14. The second-order valence-corrected chi connectivity index (χ2v) is 6.51. The average Bonchev–Trinajstić information content (AvgIpc) is 2.55. The van der Waals surface area contributed by atoms with Crippen molar-refractivity contribution in [2.75, 3.05) is 14.2 Å². The normalized spacial score (nSPS) is 25.6. The number of ether oxygens (including phenoxy) is 2. The highest BCUT2D eigenvalue weighted by atomic mass is 16.5. The van der Waals surface area contributed by atoms with Crippen molar-refractivity contribution in [1.29, 1.82) is 0 Å². The lowest BCUT2D eigenvalue weighted by Gasteiger charge is -2.36. The van der Waals surface area contributed by atoms with Gasteiger partial charge in [0.05, 0.1) is 20.3 Å². The third-order valence-electron chi connectivity index (χ3n) is 5.14. The van der Waals surface area contributed by atoms with Crippen LogP contribution in [0.15, 0.2) is 12.1 Å². The SMILES string of the molecule is COc1ccc(OC)c2c1C[C@H](NC1CCCCC1)[C@@H](O)C2. The fraction of sp³-hybridized carbons (Fsp3) is 0.667. The molecule has 0 saturated heterocycles. The maximum absolute atomic E-state index is 10.6. The number of rotatable bonds is 4. The summed E-state index contributed by atoms with van der Waals surface area (Å²) in [5.74, 6) is 1.75. The first-order chi connectivity index (χ1) is 10.7. The van der Waals surface area contributed by atoms with E-state index in [1.165, 1.54) is 37.7 Å². The van der Waals surface area contributed by atoms with Gasteiger partial charge in [0.15, 0.2) is 0 Å². The number of hydrogen-bond donors (Lipinski definition) is 2. The summed E-state index contributed by atoms with van der Waals surface area (Å²) in [6.07, 6.45) is 7.46. The summed E-state index contributed by atoms with van der Waals surface area (Å²) >= 11 is 0. The first kappa shape index (κ1) is 15.6. The van der Waals surface area contributed by atoms with Crippen molar-refractivity contribution in [2.45, 2.75) is 63.1 Å². The van der Waals surface area contributed by atoms with Gasteiger partial charge < -0.3 is 19.9 Å². The van der Waals surface area contributed by atoms with Crippen molar-refractivity contribution in [1.82, 2.24) is 5.32 Å². The van der Waals surface area contributed by atoms with Crippen LogP contribution in [0.2, 0.25) is 0 Å². The molecule has 0 heterocycles. The van der Waals surface area contributed by atoms with Gasteiger partial charge in [0, 0.05) is 29.6 Å².